The van der Waals surface area contributed by atoms with E-state index >= 15 is 8.78 Å². The molecule has 1 saturated heterocycles. The molecule has 1 aliphatic carbocycles. The second-order valence-corrected chi connectivity index (χ2v) is 9.10. The van der Waals surface area contributed by atoms with Crippen LogP contribution in [0.15, 0.2) is 36.8 Å². The van der Waals surface area contributed by atoms with E-state index in [0.717, 1.165) is 13.1 Å². The van der Waals surface area contributed by atoms with Gasteiger partial charge < -0.3 is 10.6 Å². The molecule has 3 heterocycles. The number of nitrogens with zero attached hydrogens (tertiary/aromatic N) is 5. The second kappa shape index (κ2) is 9.65. The Morgan fingerprint density at radius 2 is 1.74 bits per heavy atom. The van der Waals surface area contributed by atoms with Crippen molar-refractivity contribution in [3.8, 4) is 22.4 Å². The van der Waals surface area contributed by atoms with Gasteiger partial charge >= 0.3 is 0 Å². The van der Waals surface area contributed by atoms with Crippen molar-refractivity contribution >= 4 is 11.7 Å². The van der Waals surface area contributed by atoms with Gasteiger partial charge in [0, 0.05) is 55.1 Å². The fourth-order valence-corrected chi connectivity index (χ4v) is 4.88. The van der Waals surface area contributed by atoms with E-state index in [9.17, 15) is 4.79 Å². The fraction of sp³-hybridized carbons (Fsp3) is 0.385. The summed E-state index contributed by atoms with van der Waals surface area (Å²) in [5, 5.41) is 0. The van der Waals surface area contributed by atoms with E-state index in [1.54, 1.807) is 23.2 Å². The van der Waals surface area contributed by atoms with Crippen molar-refractivity contribution in [1.29, 1.82) is 0 Å². The number of hydrogen-bond donors (Lipinski definition) is 1. The topological polar surface area (TPSA) is 88.2 Å². The predicted molar refractivity (Wildman–Crippen MR) is 130 cm³/mol. The highest BCUT2D eigenvalue weighted by Gasteiger charge is 2.32. The molecule has 0 atom stereocenters. The lowest BCUT2D eigenvalue weighted by molar-refractivity contribution is 0.0448. The highest BCUT2D eigenvalue weighted by atomic mass is 19.1. The zero-order valence-corrected chi connectivity index (χ0v) is 19.7. The summed E-state index contributed by atoms with van der Waals surface area (Å²) in [6.45, 7) is 4.34. The molecule has 35 heavy (non-hydrogen) atoms. The second-order valence-electron chi connectivity index (χ2n) is 9.10. The zero-order chi connectivity index (χ0) is 24.5. The van der Waals surface area contributed by atoms with Crippen molar-refractivity contribution in [3.63, 3.8) is 0 Å². The van der Waals surface area contributed by atoms with Gasteiger partial charge in [0.15, 0.2) is 0 Å². The van der Waals surface area contributed by atoms with Crippen molar-refractivity contribution < 1.29 is 13.6 Å². The number of piperazine rings is 1. The van der Waals surface area contributed by atoms with Crippen LogP contribution >= 0.6 is 0 Å². The third-order valence-electron chi connectivity index (χ3n) is 7.06. The number of hydrogen-bond acceptors (Lipinski definition) is 6. The Hall–Kier alpha value is -3.46. The van der Waals surface area contributed by atoms with E-state index in [1.165, 1.54) is 37.7 Å². The molecule has 2 aliphatic rings. The lowest BCUT2D eigenvalue weighted by Crippen LogP contribution is -2.53. The molecule has 0 bridgehead atoms. The zero-order valence-electron chi connectivity index (χ0n) is 19.7. The summed E-state index contributed by atoms with van der Waals surface area (Å²) in [6.07, 6.45) is 7.17. The molecular formula is C26H28F2N6O. The number of pyridine rings is 1. The minimum absolute atomic E-state index is 0.232. The van der Waals surface area contributed by atoms with Crippen molar-refractivity contribution in [1.82, 2.24) is 24.8 Å². The van der Waals surface area contributed by atoms with Crippen LogP contribution in [-0.4, -0.2) is 62.9 Å². The molecule has 3 aromatic rings. The summed E-state index contributed by atoms with van der Waals surface area (Å²) >= 11 is 0. The lowest BCUT2D eigenvalue weighted by Gasteiger charge is -2.42. The molecule has 5 rings (SSSR count). The Labute approximate surface area is 203 Å². The highest BCUT2D eigenvalue weighted by Crippen LogP contribution is 2.34. The Morgan fingerprint density at radius 3 is 2.31 bits per heavy atom. The Balaban J connectivity index is 1.45. The number of nitrogens with two attached hydrogens (primary N) is 1. The smallest absolute Gasteiger partial charge is 0.259 e. The van der Waals surface area contributed by atoms with Gasteiger partial charge in [0.1, 0.15) is 29.3 Å². The largest absolute Gasteiger partial charge is 0.384 e. The van der Waals surface area contributed by atoms with Crippen LogP contribution in [0.25, 0.3) is 22.4 Å². The monoisotopic (exact) mass is 478 g/mol. The minimum Gasteiger partial charge on any atom is -0.384 e. The third kappa shape index (κ3) is 4.48. The number of carbonyl (C=O) groups is 1. The number of halogens is 2. The van der Waals surface area contributed by atoms with Crippen LogP contribution in [0.4, 0.5) is 14.6 Å². The molecular weight excluding hydrogens is 450 g/mol. The van der Waals surface area contributed by atoms with Crippen LogP contribution in [0.3, 0.4) is 0 Å². The van der Waals surface area contributed by atoms with E-state index in [2.05, 4.69) is 19.9 Å². The van der Waals surface area contributed by atoms with Gasteiger partial charge in [-0.15, -0.1) is 0 Å². The molecule has 0 spiro atoms. The van der Waals surface area contributed by atoms with Crippen LogP contribution in [0.5, 0.6) is 0 Å². The number of rotatable bonds is 5. The standard InChI is InChI=1S/C26H28F2N6O/c1-2-21-23(16-6-7-22(29)30-14-16)25(32-15-31-21)17-12-19(27)24(20(28)13-17)26(35)34-10-8-33(9-11-34)18-4-3-5-18/h6-7,12-15,18H,2-5,8-11H2,1H3,(H2,29,30). The van der Waals surface area contributed by atoms with Gasteiger partial charge in [-0.25, -0.2) is 23.7 Å². The Bertz CT molecular complexity index is 1210. The molecule has 0 unspecified atom stereocenters. The van der Waals surface area contributed by atoms with E-state index in [-0.39, 0.29) is 5.56 Å². The highest BCUT2D eigenvalue weighted by molar-refractivity contribution is 5.96. The van der Waals surface area contributed by atoms with Gasteiger partial charge in [-0.2, -0.15) is 0 Å². The lowest BCUT2D eigenvalue weighted by atomic mass is 9.91. The summed E-state index contributed by atoms with van der Waals surface area (Å²) in [7, 11) is 0. The van der Waals surface area contributed by atoms with Gasteiger partial charge in [0.25, 0.3) is 5.91 Å². The first kappa shape index (κ1) is 23.3. The first-order chi connectivity index (χ1) is 17.0. The summed E-state index contributed by atoms with van der Waals surface area (Å²) in [5.74, 6) is -2.05. The maximum absolute atomic E-state index is 15.3. The number of nitrogen functional groups attached to an aromatic ring is 1. The molecule has 2 fully saturated rings. The summed E-state index contributed by atoms with van der Waals surface area (Å²) in [6, 6.07) is 6.37. The first-order valence-electron chi connectivity index (χ1n) is 12.0. The van der Waals surface area contributed by atoms with Crippen molar-refractivity contribution in [3.05, 3.63) is 59.7 Å². The number of amides is 1. The van der Waals surface area contributed by atoms with Crippen LogP contribution in [0, 0.1) is 11.6 Å². The van der Waals surface area contributed by atoms with Gasteiger partial charge in [-0.05, 0) is 43.5 Å². The van der Waals surface area contributed by atoms with Crippen molar-refractivity contribution in [2.24, 2.45) is 0 Å². The van der Waals surface area contributed by atoms with E-state index < -0.39 is 23.1 Å². The van der Waals surface area contributed by atoms with Crippen LogP contribution < -0.4 is 5.73 Å². The molecule has 1 aromatic carbocycles. The number of aromatic nitrogens is 3. The Kier molecular flexibility index (Phi) is 6.42. The molecule has 1 saturated carbocycles. The average Bonchev–Trinajstić information content (AvgIpc) is 2.83. The SMILES string of the molecule is CCc1ncnc(-c2cc(F)c(C(=O)N3CCN(C4CCC4)CC3)c(F)c2)c1-c1ccc(N)nc1. The predicted octanol–water partition coefficient (Wildman–Crippen LogP) is 3.94. The quantitative estimate of drug-likeness (QED) is 0.598. The molecule has 2 aromatic heterocycles. The van der Waals surface area contributed by atoms with Crippen LogP contribution in [-0.2, 0) is 6.42 Å². The fourth-order valence-electron chi connectivity index (χ4n) is 4.88. The number of carbonyl (C=O) groups excluding carboxylic acids is 1. The minimum atomic E-state index is -0.899. The summed E-state index contributed by atoms with van der Waals surface area (Å²) in [4.78, 5) is 29.8. The number of aryl methyl sites for hydroxylation is 1. The normalized spacial score (nSPS) is 16.8. The van der Waals surface area contributed by atoms with Gasteiger partial charge in [-0.3, -0.25) is 9.69 Å². The Morgan fingerprint density at radius 1 is 1.03 bits per heavy atom. The first-order valence-corrected chi connectivity index (χ1v) is 12.0. The average molecular weight is 479 g/mol. The van der Waals surface area contributed by atoms with E-state index in [0.29, 0.717) is 53.9 Å². The summed E-state index contributed by atoms with van der Waals surface area (Å²) in [5.41, 5.74) is 7.84. The summed E-state index contributed by atoms with van der Waals surface area (Å²) < 4.78 is 30.5. The maximum atomic E-state index is 15.3. The third-order valence-corrected chi connectivity index (χ3v) is 7.06. The molecule has 182 valence electrons. The molecule has 7 nitrogen and oxygen atoms in total. The number of benzene rings is 1. The van der Waals surface area contributed by atoms with Crippen LogP contribution in [0.1, 0.15) is 42.2 Å². The van der Waals surface area contributed by atoms with Crippen molar-refractivity contribution in [2.45, 2.75) is 38.6 Å². The van der Waals surface area contributed by atoms with E-state index in [1.807, 2.05) is 6.92 Å². The van der Waals surface area contributed by atoms with Crippen molar-refractivity contribution in [2.75, 3.05) is 31.9 Å². The van der Waals surface area contributed by atoms with Gasteiger partial charge in [-0.1, -0.05) is 13.3 Å². The molecule has 2 N–H and O–H groups in total. The number of anilines is 1. The van der Waals surface area contributed by atoms with Crippen LogP contribution in [0.2, 0.25) is 0 Å². The maximum Gasteiger partial charge on any atom is 0.259 e. The molecule has 0 radical (unpaired) electrons. The van der Waals surface area contributed by atoms with Gasteiger partial charge in [0.05, 0.1) is 11.4 Å². The van der Waals surface area contributed by atoms with E-state index in [4.69, 9.17) is 5.73 Å². The molecule has 9 heteroatoms. The molecule has 1 aliphatic heterocycles. The van der Waals surface area contributed by atoms with Gasteiger partial charge in [0.2, 0.25) is 0 Å². The molecule has 1 amide bonds.